The molecule has 0 amide bonds. The Labute approximate surface area is 124 Å². The predicted molar refractivity (Wildman–Crippen MR) is 84.8 cm³/mol. The second-order valence-corrected chi connectivity index (χ2v) is 5.22. The highest BCUT2D eigenvalue weighted by atomic mass is 16.5. The van der Waals surface area contributed by atoms with Crippen molar-refractivity contribution in [3.05, 3.63) is 59.8 Å². The van der Waals surface area contributed by atoms with Crippen molar-refractivity contribution < 1.29 is 9.84 Å². The number of rotatable bonds is 4. The van der Waals surface area contributed by atoms with Gasteiger partial charge < -0.3 is 14.4 Å². The number of aromatic nitrogens is 1. The smallest absolute Gasteiger partial charge is 0.128 e. The zero-order chi connectivity index (χ0) is 14.8. The number of ether oxygens (including phenoxy) is 1. The van der Waals surface area contributed by atoms with E-state index in [-0.39, 0.29) is 0 Å². The van der Waals surface area contributed by atoms with Crippen molar-refractivity contribution in [2.75, 3.05) is 0 Å². The first kappa shape index (κ1) is 13.6. The van der Waals surface area contributed by atoms with Crippen LogP contribution in [-0.4, -0.2) is 9.67 Å². The number of hydrogen-bond acceptors (Lipinski definition) is 2. The Hall–Kier alpha value is -2.42. The summed E-state index contributed by atoms with van der Waals surface area (Å²) in [4.78, 5) is 0. The summed E-state index contributed by atoms with van der Waals surface area (Å²) in [5.41, 5.74) is 3.46. The van der Waals surface area contributed by atoms with E-state index in [4.69, 9.17) is 4.74 Å². The van der Waals surface area contributed by atoms with Crippen molar-refractivity contribution >= 4 is 10.9 Å². The maximum Gasteiger partial charge on any atom is 0.128 e. The second kappa shape index (κ2) is 5.52. The highest BCUT2D eigenvalue weighted by Gasteiger charge is 2.08. The van der Waals surface area contributed by atoms with E-state index in [0.717, 1.165) is 28.9 Å². The molecule has 3 heteroatoms. The van der Waals surface area contributed by atoms with Gasteiger partial charge in [0, 0.05) is 17.4 Å². The first-order valence-electron chi connectivity index (χ1n) is 7.18. The number of aryl methyl sites for hydroxylation is 2. The van der Waals surface area contributed by atoms with Crippen LogP contribution in [0.25, 0.3) is 10.9 Å². The molecule has 3 nitrogen and oxygen atoms in total. The van der Waals surface area contributed by atoms with E-state index >= 15 is 0 Å². The van der Waals surface area contributed by atoms with Gasteiger partial charge in [0.25, 0.3) is 0 Å². The fraction of sp³-hybridized carbons (Fsp3) is 0.222. The molecule has 0 unspecified atom stereocenters. The first-order chi connectivity index (χ1) is 10.2. The Morgan fingerprint density at radius 3 is 2.52 bits per heavy atom. The Morgan fingerprint density at radius 2 is 1.81 bits per heavy atom. The van der Waals surface area contributed by atoms with Crippen molar-refractivity contribution in [2.45, 2.75) is 27.0 Å². The fourth-order valence-electron chi connectivity index (χ4n) is 2.60. The van der Waals surface area contributed by atoms with Crippen LogP contribution in [0.2, 0.25) is 0 Å². The van der Waals surface area contributed by atoms with Crippen LogP contribution in [0.1, 0.15) is 18.2 Å². The molecule has 1 N–H and O–H groups in total. The van der Waals surface area contributed by atoms with Crippen LogP contribution in [0, 0.1) is 6.92 Å². The fourth-order valence-corrected chi connectivity index (χ4v) is 2.60. The summed E-state index contributed by atoms with van der Waals surface area (Å²) >= 11 is 0. The largest absolute Gasteiger partial charge is 0.508 e. The molecule has 1 aromatic heterocycles. The molecule has 21 heavy (non-hydrogen) atoms. The lowest BCUT2D eigenvalue weighted by Gasteiger charge is -2.10. The number of aromatic hydroxyl groups is 1. The minimum absolute atomic E-state index is 0.293. The lowest BCUT2D eigenvalue weighted by molar-refractivity contribution is 0.296. The summed E-state index contributed by atoms with van der Waals surface area (Å²) in [7, 11) is 0. The van der Waals surface area contributed by atoms with Crippen LogP contribution in [0.3, 0.4) is 0 Å². The highest BCUT2D eigenvalue weighted by Crippen LogP contribution is 2.25. The average Bonchev–Trinajstić information content (AvgIpc) is 2.83. The zero-order valence-electron chi connectivity index (χ0n) is 12.3. The molecular weight excluding hydrogens is 262 g/mol. The zero-order valence-corrected chi connectivity index (χ0v) is 12.3. The number of hydrogen-bond donors (Lipinski definition) is 1. The van der Waals surface area contributed by atoms with Crippen molar-refractivity contribution in [2.24, 2.45) is 0 Å². The molecule has 0 aliphatic rings. The number of nitrogens with zero attached hydrogens (tertiary/aromatic N) is 1. The summed E-state index contributed by atoms with van der Waals surface area (Å²) in [6.07, 6.45) is 0. The third kappa shape index (κ3) is 2.72. The van der Waals surface area contributed by atoms with Crippen LogP contribution >= 0.6 is 0 Å². The van der Waals surface area contributed by atoms with Gasteiger partial charge in [-0.05, 0) is 50.2 Å². The molecule has 0 aliphatic heterocycles. The van der Waals surface area contributed by atoms with Crippen molar-refractivity contribution in [3.8, 4) is 11.5 Å². The second-order valence-electron chi connectivity index (χ2n) is 5.22. The predicted octanol–water partition coefficient (Wildman–Crippen LogP) is 4.25. The molecule has 3 aromatic rings. The van der Waals surface area contributed by atoms with Crippen LogP contribution in [0.15, 0.2) is 48.5 Å². The summed E-state index contributed by atoms with van der Waals surface area (Å²) in [6, 6.07) is 15.6. The number of fused-ring (bicyclic) bond motifs is 1. The van der Waals surface area contributed by atoms with Crippen molar-refractivity contribution in [1.29, 1.82) is 0 Å². The Balaban J connectivity index is 1.87. The molecule has 0 saturated carbocycles. The molecule has 0 radical (unpaired) electrons. The molecule has 0 bridgehead atoms. The highest BCUT2D eigenvalue weighted by molar-refractivity contribution is 5.82. The summed E-state index contributed by atoms with van der Waals surface area (Å²) in [5, 5.41) is 10.6. The molecular formula is C18H19NO2. The molecule has 0 aliphatic carbocycles. The van der Waals surface area contributed by atoms with Gasteiger partial charge in [0.15, 0.2) is 0 Å². The Bertz CT molecular complexity index is 757. The molecule has 0 fully saturated rings. The minimum atomic E-state index is 0.293. The van der Waals surface area contributed by atoms with Gasteiger partial charge in [-0.15, -0.1) is 0 Å². The topological polar surface area (TPSA) is 34.4 Å². The number of benzene rings is 2. The summed E-state index contributed by atoms with van der Waals surface area (Å²) in [6.45, 7) is 5.57. The molecule has 0 atom stereocenters. The van der Waals surface area contributed by atoms with Gasteiger partial charge >= 0.3 is 0 Å². The van der Waals surface area contributed by atoms with E-state index in [1.165, 1.54) is 5.56 Å². The lowest BCUT2D eigenvalue weighted by Crippen LogP contribution is -2.04. The number of phenolic OH excluding ortho intramolecular Hbond substituents is 1. The monoisotopic (exact) mass is 281 g/mol. The van der Waals surface area contributed by atoms with Crippen LogP contribution in [0.4, 0.5) is 0 Å². The first-order valence-corrected chi connectivity index (χ1v) is 7.18. The molecule has 0 spiro atoms. The van der Waals surface area contributed by atoms with Crippen LogP contribution in [-0.2, 0) is 13.2 Å². The maximum absolute atomic E-state index is 9.60. The molecule has 1 heterocycles. The van der Waals surface area contributed by atoms with Crippen LogP contribution < -0.4 is 4.74 Å². The van der Waals surface area contributed by atoms with E-state index in [0.29, 0.717) is 12.4 Å². The van der Waals surface area contributed by atoms with Gasteiger partial charge in [-0.2, -0.15) is 0 Å². The van der Waals surface area contributed by atoms with Crippen LogP contribution in [0.5, 0.6) is 11.5 Å². The van der Waals surface area contributed by atoms with E-state index in [2.05, 4.69) is 24.5 Å². The van der Waals surface area contributed by atoms with Gasteiger partial charge in [0.05, 0.1) is 5.69 Å². The van der Waals surface area contributed by atoms with Gasteiger partial charge in [-0.1, -0.05) is 17.7 Å². The SMILES string of the molecule is CCn1c(COc2ccc(C)cc2)cc2cc(O)ccc21. The molecule has 2 aromatic carbocycles. The Kier molecular flexibility index (Phi) is 3.57. The standard InChI is InChI=1S/C18H19NO2/c1-3-19-15(10-14-11-16(20)6-9-18(14)19)12-21-17-7-4-13(2)5-8-17/h4-11,20H,3,12H2,1-2H3. The maximum atomic E-state index is 9.60. The summed E-state index contributed by atoms with van der Waals surface area (Å²) < 4.78 is 8.08. The number of phenols is 1. The normalized spacial score (nSPS) is 11.0. The van der Waals surface area contributed by atoms with Crippen molar-refractivity contribution in [1.82, 2.24) is 4.57 Å². The average molecular weight is 281 g/mol. The van der Waals surface area contributed by atoms with E-state index in [1.54, 1.807) is 12.1 Å². The van der Waals surface area contributed by atoms with Gasteiger partial charge in [-0.25, -0.2) is 0 Å². The summed E-state index contributed by atoms with van der Waals surface area (Å²) in [5.74, 6) is 1.16. The van der Waals surface area contributed by atoms with E-state index in [1.807, 2.05) is 30.3 Å². The molecule has 3 rings (SSSR count). The van der Waals surface area contributed by atoms with E-state index < -0.39 is 0 Å². The Morgan fingerprint density at radius 1 is 1.05 bits per heavy atom. The van der Waals surface area contributed by atoms with E-state index in [9.17, 15) is 5.11 Å². The molecule has 0 saturated heterocycles. The van der Waals surface area contributed by atoms with Crippen molar-refractivity contribution in [3.63, 3.8) is 0 Å². The van der Waals surface area contributed by atoms with Gasteiger partial charge in [0.1, 0.15) is 18.1 Å². The quantitative estimate of drug-likeness (QED) is 0.775. The third-order valence-corrected chi connectivity index (χ3v) is 3.69. The lowest BCUT2D eigenvalue weighted by atomic mass is 10.2. The van der Waals surface area contributed by atoms with Gasteiger partial charge in [0.2, 0.25) is 0 Å². The third-order valence-electron chi connectivity index (χ3n) is 3.69. The molecule has 108 valence electrons. The van der Waals surface area contributed by atoms with Gasteiger partial charge in [-0.3, -0.25) is 0 Å². The minimum Gasteiger partial charge on any atom is -0.508 e.